The molecule has 2 aromatic rings. The quantitative estimate of drug-likeness (QED) is 0.850. The predicted octanol–water partition coefficient (Wildman–Crippen LogP) is 3.37. The van der Waals surface area contributed by atoms with E-state index in [4.69, 9.17) is 10.5 Å². The zero-order chi connectivity index (χ0) is 14.7. The van der Waals surface area contributed by atoms with Gasteiger partial charge in [0.2, 0.25) is 0 Å². The smallest absolute Gasteiger partial charge is 0.123 e. The molecule has 0 aliphatic rings. The van der Waals surface area contributed by atoms with Crippen LogP contribution in [0.4, 0.5) is 5.69 Å². The Hall–Kier alpha value is -1.97. The minimum atomic E-state index is 0.124. The Bertz CT molecular complexity index is 587. The van der Waals surface area contributed by atoms with Crippen LogP contribution in [0.15, 0.2) is 24.3 Å². The Morgan fingerprint density at radius 2 is 1.90 bits per heavy atom. The molecule has 2 N–H and O–H groups in total. The highest BCUT2D eigenvalue weighted by Gasteiger charge is 2.10. The van der Waals surface area contributed by atoms with E-state index in [1.807, 2.05) is 36.7 Å². The van der Waals surface area contributed by atoms with Gasteiger partial charge >= 0.3 is 0 Å². The molecule has 0 aliphatic heterocycles. The van der Waals surface area contributed by atoms with E-state index in [9.17, 15) is 0 Å². The minimum absolute atomic E-state index is 0.124. The largest absolute Gasteiger partial charge is 0.491 e. The number of hydrogen-bond acceptors (Lipinski definition) is 3. The van der Waals surface area contributed by atoms with Gasteiger partial charge in [0.1, 0.15) is 5.75 Å². The van der Waals surface area contributed by atoms with Gasteiger partial charge in [0.15, 0.2) is 0 Å². The third kappa shape index (κ3) is 3.13. The first kappa shape index (κ1) is 14.4. The van der Waals surface area contributed by atoms with Crippen molar-refractivity contribution < 1.29 is 4.74 Å². The maximum absolute atomic E-state index is 5.98. The van der Waals surface area contributed by atoms with Gasteiger partial charge in [-0.3, -0.25) is 0 Å². The molecule has 1 heterocycles. The second-order valence-electron chi connectivity index (χ2n) is 5.17. The summed E-state index contributed by atoms with van der Waals surface area (Å²) in [5, 5.41) is 4.64. The van der Waals surface area contributed by atoms with Crippen LogP contribution >= 0.6 is 0 Å². The van der Waals surface area contributed by atoms with Gasteiger partial charge in [0, 0.05) is 23.5 Å². The lowest BCUT2D eigenvalue weighted by molar-refractivity contribution is 0.242. The molecule has 0 saturated carbocycles. The Morgan fingerprint density at radius 3 is 2.50 bits per heavy atom. The first-order valence-corrected chi connectivity index (χ1v) is 7.18. The molecule has 0 saturated heterocycles. The average molecular weight is 273 g/mol. The van der Waals surface area contributed by atoms with Gasteiger partial charge in [-0.25, -0.2) is 4.68 Å². The van der Waals surface area contributed by atoms with Crippen LogP contribution in [0.25, 0.3) is 5.69 Å². The molecule has 0 radical (unpaired) electrons. The number of hydrogen-bond donors (Lipinski definition) is 1. The first-order valence-electron chi connectivity index (χ1n) is 7.18. The summed E-state index contributed by atoms with van der Waals surface area (Å²) in [6, 6.07) is 7.91. The number of benzene rings is 1. The highest BCUT2D eigenvalue weighted by atomic mass is 16.5. The number of rotatable bonds is 5. The standard InChI is InChI=1S/C16H23N3O/c1-5-13-9-14(6-2)19(18-13)15-7-12(17)8-16(10-15)20-11(3)4/h7-11H,5-6,17H2,1-4H3. The topological polar surface area (TPSA) is 53.1 Å². The third-order valence-electron chi connectivity index (χ3n) is 3.09. The minimum Gasteiger partial charge on any atom is -0.491 e. The summed E-state index contributed by atoms with van der Waals surface area (Å²) in [5.74, 6) is 0.783. The molecule has 0 spiro atoms. The molecule has 4 heteroatoms. The number of nitrogen functional groups attached to an aromatic ring is 1. The van der Waals surface area contributed by atoms with E-state index in [-0.39, 0.29) is 6.10 Å². The molecule has 0 fully saturated rings. The number of aromatic nitrogens is 2. The Kier molecular flexibility index (Phi) is 4.32. The number of anilines is 1. The fraction of sp³-hybridized carbons (Fsp3) is 0.438. The van der Waals surface area contributed by atoms with Crippen molar-refractivity contribution in [3.05, 3.63) is 35.7 Å². The summed E-state index contributed by atoms with van der Waals surface area (Å²) in [6.07, 6.45) is 1.99. The summed E-state index contributed by atoms with van der Waals surface area (Å²) in [6.45, 7) is 8.25. The summed E-state index contributed by atoms with van der Waals surface area (Å²) in [4.78, 5) is 0. The number of ether oxygens (including phenoxy) is 1. The molecule has 1 aromatic carbocycles. The number of aryl methyl sites for hydroxylation is 2. The van der Waals surface area contributed by atoms with Crippen molar-refractivity contribution in [2.24, 2.45) is 0 Å². The fourth-order valence-electron chi connectivity index (χ4n) is 2.19. The van der Waals surface area contributed by atoms with Crippen molar-refractivity contribution >= 4 is 5.69 Å². The van der Waals surface area contributed by atoms with Crippen molar-refractivity contribution in [1.29, 1.82) is 0 Å². The Balaban J connectivity index is 2.46. The summed E-state index contributed by atoms with van der Waals surface area (Å²) in [7, 11) is 0. The SMILES string of the molecule is CCc1cc(CC)n(-c2cc(N)cc(OC(C)C)c2)n1. The normalized spacial score (nSPS) is 11.1. The third-order valence-corrected chi connectivity index (χ3v) is 3.09. The van der Waals surface area contributed by atoms with Gasteiger partial charge in [-0.05, 0) is 38.8 Å². The Labute approximate surface area is 120 Å². The van der Waals surface area contributed by atoms with E-state index in [0.717, 1.165) is 30.0 Å². The fourth-order valence-corrected chi connectivity index (χ4v) is 2.19. The lowest BCUT2D eigenvalue weighted by Gasteiger charge is -2.13. The molecule has 0 atom stereocenters. The molecule has 0 aliphatic carbocycles. The maximum Gasteiger partial charge on any atom is 0.123 e. The van der Waals surface area contributed by atoms with Crippen molar-refractivity contribution in [2.45, 2.75) is 46.6 Å². The van der Waals surface area contributed by atoms with Crippen LogP contribution in [-0.4, -0.2) is 15.9 Å². The van der Waals surface area contributed by atoms with Crippen LogP contribution in [0.5, 0.6) is 5.75 Å². The second kappa shape index (κ2) is 5.99. The average Bonchev–Trinajstić information content (AvgIpc) is 2.80. The number of nitrogens with two attached hydrogens (primary N) is 1. The predicted molar refractivity (Wildman–Crippen MR) is 82.5 cm³/mol. The van der Waals surface area contributed by atoms with Crippen molar-refractivity contribution in [1.82, 2.24) is 9.78 Å². The summed E-state index contributed by atoms with van der Waals surface area (Å²) >= 11 is 0. The van der Waals surface area contributed by atoms with E-state index >= 15 is 0 Å². The first-order chi connectivity index (χ1) is 9.53. The van der Waals surface area contributed by atoms with E-state index in [1.165, 1.54) is 5.69 Å². The highest BCUT2D eigenvalue weighted by molar-refractivity contribution is 5.53. The lowest BCUT2D eigenvalue weighted by Crippen LogP contribution is -2.08. The van der Waals surface area contributed by atoms with E-state index in [1.54, 1.807) is 0 Å². The zero-order valence-corrected chi connectivity index (χ0v) is 12.7. The molecule has 20 heavy (non-hydrogen) atoms. The molecule has 1 aromatic heterocycles. The van der Waals surface area contributed by atoms with Gasteiger partial charge < -0.3 is 10.5 Å². The van der Waals surface area contributed by atoms with E-state index in [0.29, 0.717) is 5.69 Å². The second-order valence-corrected chi connectivity index (χ2v) is 5.17. The van der Waals surface area contributed by atoms with Gasteiger partial charge in [0.25, 0.3) is 0 Å². The summed E-state index contributed by atoms with van der Waals surface area (Å²) in [5.41, 5.74) is 9.90. The lowest BCUT2D eigenvalue weighted by atomic mass is 10.2. The molecule has 0 amide bonds. The monoisotopic (exact) mass is 273 g/mol. The molecule has 0 bridgehead atoms. The molecule has 4 nitrogen and oxygen atoms in total. The van der Waals surface area contributed by atoms with Crippen LogP contribution in [0.3, 0.4) is 0 Å². The van der Waals surface area contributed by atoms with Gasteiger partial charge in [-0.2, -0.15) is 5.10 Å². The highest BCUT2D eigenvalue weighted by Crippen LogP contribution is 2.24. The van der Waals surface area contributed by atoms with Gasteiger partial charge in [-0.15, -0.1) is 0 Å². The van der Waals surface area contributed by atoms with Crippen molar-refractivity contribution in [3.63, 3.8) is 0 Å². The molecule has 2 rings (SSSR count). The molecular weight excluding hydrogens is 250 g/mol. The summed E-state index contributed by atoms with van der Waals surface area (Å²) < 4.78 is 7.70. The van der Waals surface area contributed by atoms with Crippen LogP contribution in [0.1, 0.15) is 39.1 Å². The maximum atomic E-state index is 5.98. The van der Waals surface area contributed by atoms with E-state index < -0.39 is 0 Å². The van der Waals surface area contributed by atoms with E-state index in [2.05, 4.69) is 25.0 Å². The van der Waals surface area contributed by atoms with Gasteiger partial charge in [-0.1, -0.05) is 13.8 Å². The van der Waals surface area contributed by atoms with Gasteiger partial charge in [0.05, 0.1) is 17.5 Å². The van der Waals surface area contributed by atoms with Crippen LogP contribution in [0, 0.1) is 0 Å². The van der Waals surface area contributed by atoms with Crippen LogP contribution in [-0.2, 0) is 12.8 Å². The van der Waals surface area contributed by atoms with Crippen molar-refractivity contribution in [3.8, 4) is 11.4 Å². The Morgan fingerprint density at radius 1 is 1.15 bits per heavy atom. The van der Waals surface area contributed by atoms with Crippen LogP contribution < -0.4 is 10.5 Å². The number of nitrogens with zero attached hydrogens (tertiary/aromatic N) is 2. The molecule has 108 valence electrons. The molecule has 0 unspecified atom stereocenters. The molecular formula is C16H23N3O. The van der Waals surface area contributed by atoms with Crippen molar-refractivity contribution in [2.75, 3.05) is 5.73 Å². The van der Waals surface area contributed by atoms with Crippen LogP contribution in [0.2, 0.25) is 0 Å². The zero-order valence-electron chi connectivity index (χ0n) is 12.7.